The molecular formula is C25H45NO7. The quantitative estimate of drug-likeness (QED) is 0.226. The van der Waals surface area contributed by atoms with Gasteiger partial charge in [-0.1, -0.05) is 59.1 Å². The standard InChI is InChI=1S/C25H45NO7/c1-17(24(31)26-14-9-15-33-18-10-7-6-8-11-18)16-20(28)23(32-5)22(30)21(29)19(27)12-13-25(2,3)4/h12-13,17-19,21-23,27,29-30H,6-11,14-16H2,1-5H3,(H,26,31)/b13-12+/t17-,19-,21+,22-,23+/m1/s1. The first kappa shape index (κ1) is 29.7. The maximum atomic E-state index is 12.6. The lowest BCUT2D eigenvalue weighted by Crippen LogP contribution is -2.48. The number of carbonyl (C=O) groups is 2. The summed E-state index contributed by atoms with van der Waals surface area (Å²) in [6.07, 6.45) is 3.97. The molecule has 0 unspecified atom stereocenters. The zero-order chi connectivity index (χ0) is 25.0. The van der Waals surface area contributed by atoms with Gasteiger partial charge in [-0.2, -0.15) is 0 Å². The number of Topliss-reactive ketones (excluding diaryl/α,β-unsaturated/α-hetero) is 1. The van der Waals surface area contributed by atoms with Gasteiger partial charge in [-0.25, -0.2) is 0 Å². The maximum Gasteiger partial charge on any atom is 0.223 e. The number of methoxy groups -OCH3 is 1. The van der Waals surface area contributed by atoms with Crippen molar-refractivity contribution >= 4 is 11.7 Å². The average molecular weight is 472 g/mol. The van der Waals surface area contributed by atoms with E-state index in [2.05, 4.69) is 5.32 Å². The largest absolute Gasteiger partial charge is 0.387 e. The van der Waals surface area contributed by atoms with Gasteiger partial charge in [0, 0.05) is 32.6 Å². The maximum absolute atomic E-state index is 12.6. The van der Waals surface area contributed by atoms with Crippen LogP contribution in [0.15, 0.2) is 12.2 Å². The molecule has 1 rings (SSSR count). The van der Waals surface area contributed by atoms with Crippen molar-refractivity contribution in [3.05, 3.63) is 12.2 Å². The molecule has 0 bridgehead atoms. The molecule has 192 valence electrons. The highest BCUT2D eigenvalue weighted by molar-refractivity contribution is 5.89. The number of hydrogen-bond acceptors (Lipinski definition) is 7. The van der Waals surface area contributed by atoms with Crippen molar-refractivity contribution in [3.8, 4) is 0 Å². The number of allylic oxidation sites excluding steroid dienone is 1. The monoisotopic (exact) mass is 471 g/mol. The second kappa shape index (κ2) is 14.8. The van der Waals surface area contributed by atoms with Gasteiger partial charge >= 0.3 is 0 Å². The summed E-state index contributed by atoms with van der Waals surface area (Å²) in [4.78, 5) is 25.0. The molecule has 8 nitrogen and oxygen atoms in total. The van der Waals surface area contributed by atoms with Crippen molar-refractivity contribution in [2.45, 2.75) is 103 Å². The Bertz CT molecular complexity index is 610. The Kier molecular flexibility index (Phi) is 13.4. The molecule has 1 aliphatic carbocycles. The van der Waals surface area contributed by atoms with Gasteiger partial charge in [0.25, 0.3) is 0 Å². The van der Waals surface area contributed by atoms with Crippen LogP contribution >= 0.6 is 0 Å². The Morgan fingerprint density at radius 3 is 2.30 bits per heavy atom. The average Bonchev–Trinajstić information content (AvgIpc) is 2.77. The van der Waals surface area contributed by atoms with Crippen LogP contribution in [0.3, 0.4) is 0 Å². The molecule has 0 aliphatic heterocycles. The van der Waals surface area contributed by atoms with Crippen LogP contribution in [0.5, 0.6) is 0 Å². The summed E-state index contributed by atoms with van der Waals surface area (Å²) in [5.41, 5.74) is -0.215. The van der Waals surface area contributed by atoms with E-state index in [-0.39, 0.29) is 17.7 Å². The molecule has 0 spiro atoms. The first-order valence-electron chi connectivity index (χ1n) is 12.1. The van der Waals surface area contributed by atoms with Crippen LogP contribution in [-0.2, 0) is 19.1 Å². The van der Waals surface area contributed by atoms with Crippen LogP contribution < -0.4 is 5.32 Å². The van der Waals surface area contributed by atoms with Gasteiger partial charge in [-0.05, 0) is 24.7 Å². The molecule has 0 aromatic carbocycles. The molecule has 5 atom stereocenters. The molecule has 1 saturated carbocycles. The fraction of sp³-hybridized carbons (Fsp3) is 0.840. The van der Waals surface area contributed by atoms with Crippen LogP contribution in [0.4, 0.5) is 0 Å². The second-order valence-electron chi connectivity index (χ2n) is 10.2. The normalized spacial score (nSPS) is 20.2. The van der Waals surface area contributed by atoms with E-state index >= 15 is 0 Å². The minimum Gasteiger partial charge on any atom is -0.387 e. The second-order valence-corrected chi connectivity index (χ2v) is 10.2. The number of nitrogens with one attached hydrogen (secondary N) is 1. The fourth-order valence-corrected chi connectivity index (χ4v) is 3.79. The Hall–Kier alpha value is -1.32. The van der Waals surface area contributed by atoms with Crippen molar-refractivity contribution in [2.75, 3.05) is 20.3 Å². The van der Waals surface area contributed by atoms with Gasteiger partial charge in [0.2, 0.25) is 5.91 Å². The number of amides is 1. The van der Waals surface area contributed by atoms with E-state index in [0.29, 0.717) is 25.7 Å². The molecule has 0 saturated heterocycles. The van der Waals surface area contributed by atoms with Gasteiger partial charge in [0.15, 0.2) is 5.78 Å². The van der Waals surface area contributed by atoms with Crippen LogP contribution in [-0.4, -0.2) is 77.8 Å². The van der Waals surface area contributed by atoms with E-state index in [1.54, 1.807) is 13.0 Å². The van der Waals surface area contributed by atoms with Gasteiger partial charge in [-0.15, -0.1) is 0 Å². The van der Waals surface area contributed by atoms with Gasteiger partial charge in [0.05, 0.1) is 6.10 Å². The highest BCUT2D eigenvalue weighted by Gasteiger charge is 2.36. The molecule has 33 heavy (non-hydrogen) atoms. The van der Waals surface area contributed by atoms with Crippen molar-refractivity contribution in [2.24, 2.45) is 11.3 Å². The lowest BCUT2D eigenvalue weighted by molar-refractivity contribution is -0.149. The van der Waals surface area contributed by atoms with E-state index in [1.807, 2.05) is 20.8 Å². The smallest absolute Gasteiger partial charge is 0.223 e. The third-order valence-corrected chi connectivity index (χ3v) is 5.86. The van der Waals surface area contributed by atoms with Crippen molar-refractivity contribution < 1.29 is 34.4 Å². The minimum absolute atomic E-state index is 0.152. The van der Waals surface area contributed by atoms with Gasteiger partial charge < -0.3 is 30.1 Å². The summed E-state index contributed by atoms with van der Waals surface area (Å²) in [7, 11) is 1.24. The van der Waals surface area contributed by atoms with Gasteiger partial charge in [-0.3, -0.25) is 9.59 Å². The summed E-state index contributed by atoms with van der Waals surface area (Å²) >= 11 is 0. The van der Waals surface area contributed by atoms with E-state index in [9.17, 15) is 24.9 Å². The number of rotatable bonds is 14. The van der Waals surface area contributed by atoms with Crippen LogP contribution in [0.25, 0.3) is 0 Å². The summed E-state index contributed by atoms with van der Waals surface area (Å²) in [6, 6.07) is 0. The molecule has 0 aromatic rings. The van der Waals surface area contributed by atoms with Gasteiger partial charge in [0.1, 0.15) is 24.4 Å². The zero-order valence-corrected chi connectivity index (χ0v) is 21.0. The predicted octanol–water partition coefficient (Wildman–Crippen LogP) is 2.14. The Labute approximate surface area is 198 Å². The number of aliphatic hydroxyl groups excluding tert-OH is 3. The number of aliphatic hydroxyl groups is 3. The topological polar surface area (TPSA) is 125 Å². The van der Waals surface area contributed by atoms with Crippen molar-refractivity contribution in [1.29, 1.82) is 0 Å². The summed E-state index contributed by atoms with van der Waals surface area (Å²) in [6.45, 7) is 8.47. The third-order valence-electron chi connectivity index (χ3n) is 5.86. The van der Waals surface area contributed by atoms with Crippen LogP contribution in [0, 0.1) is 11.3 Å². The van der Waals surface area contributed by atoms with Crippen LogP contribution in [0.2, 0.25) is 0 Å². The molecule has 1 fully saturated rings. The first-order chi connectivity index (χ1) is 15.5. The molecule has 1 amide bonds. The zero-order valence-electron chi connectivity index (χ0n) is 21.0. The third kappa shape index (κ3) is 11.6. The highest BCUT2D eigenvalue weighted by Crippen LogP contribution is 2.20. The van der Waals surface area contributed by atoms with Crippen molar-refractivity contribution in [3.63, 3.8) is 0 Å². The van der Waals surface area contributed by atoms with E-state index in [0.717, 1.165) is 12.8 Å². The highest BCUT2D eigenvalue weighted by atomic mass is 16.5. The molecule has 0 heterocycles. The summed E-state index contributed by atoms with van der Waals surface area (Å²) < 4.78 is 10.9. The Morgan fingerprint density at radius 2 is 1.73 bits per heavy atom. The first-order valence-corrected chi connectivity index (χ1v) is 12.1. The minimum atomic E-state index is -1.63. The number of ketones is 1. The van der Waals surface area contributed by atoms with E-state index in [4.69, 9.17) is 9.47 Å². The number of ether oxygens (including phenoxy) is 2. The van der Waals surface area contributed by atoms with E-state index < -0.39 is 36.1 Å². The predicted molar refractivity (Wildman–Crippen MR) is 127 cm³/mol. The summed E-state index contributed by atoms with van der Waals surface area (Å²) in [5.74, 6) is -1.40. The molecule has 4 N–H and O–H groups in total. The molecule has 0 aromatic heterocycles. The van der Waals surface area contributed by atoms with Crippen molar-refractivity contribution in [1.82, 2.24) is 5.32 Å². The molecule has 0 radical (unpaired) electrons. The molecule has 1 aliphatic rings. The fourth-order valence-electron chi connectivity index (χ4n) is 3.79. The Morgan fingerprint density at radius 1 is 1.09 bits per heavy atom. The SMILES string of the molecule is CO[C@@H](C(=O)C[C@@H](C)C(=O)NCCCOC1CCCCC1)[C@H](O)[C@@H](O)[C@H](O)/C=C/C(C)(C)C. The van der Waals surface area contributed by atoms with E-state index in [1.165, 1.54) is 32.4 Å². The van der Waals surface area contributed by atoms with Crippen LogP contribution in [0.1, 0.15) is 72.6 Å². The molecular weight excluding hydrogens is 426 g/mol. The molecule has 8 heteroatoms. The Balaban J connectivity index is 2.43. The summed E-state index contributed by atoms with van der Waals surface area (Å²) in [5, 5.41) is 33.6. The lowest BCUT2D eigenvalue weighted by atomic mass is 9.92. The number of hydrogen-bond donors (Lipinski definition) is 4. The number of carbonyl (C=O) groups excluding carboxylic acids is 2. The lowest BCUT2D eigenvalue weighted by Gasteiger charge is -2.27.